The second kappa shape index (κ2) is 7.42. The number of aromatic nitrogens is 1. The Balaban J connectivity index is 1.50. The van der Waals surface area contributed by atoms with E-state index in [1.165, 1.54) is 0 Å². The number of halogens is 1. The molecule has 5 rings (SSSR count). The van der Waals surface area contributed by atoms with E-state index < -0.39 is 10.7 Å². The van der Waals surface area contributed by atoms with E-state index in [0.717, 1.165) is 21.9 Å². The number of anilines is 1. The van der Waals surface area contributed by atoms with E-state index in [-0.39, 0.29) is 0 Å². The minimum Gasteiger partial charge on any atom is -0.454 e. The molecule has 0 bridgehead atoms. The lowest BCUT2D eigenvalue weighted by Crippen LogP contribution is -2.36. The molecular formula is C21H17ClN4O2S. The summed E-state index contributed by atoms with van der Waals surface area (Å²) in [5.41, 5.74) is 1.88. The standard InChI is InChI=1S/C21H17ClN4O2S/c1-2-29-19-9-5-8-18(27-17-7-4-3-6-15(17)22)20(19)24-21(25-29)26-13-14-12-23-11-10-16(14)28-26/h2-12H,13H2,1H3,(H,24,25). The van der Waals surface area contributed by atoms with Gasteiger partial charge in [-0.2, -0.15) is 9.46 Å². The number of ether oxygens (including phenoxy) is 1. The first-order chi connectivity index (χ1) is 14.2. The van der Waals surface area contributed by atoms with Crippen LogP contribution in [-0.2, 0) is 6.54 Å². The predicted octanol–water partition coefficient (Wildman–Crippen LogP) is 5.48. The molecule has 1 aromatic heterocycles. The van der Waals surface area contributed by atoms with Crippen LogP contribution in [0.25, 0.3) is 0 Å². The summed E-state index contributed by atoms with van der Waals surface area (Å²) in [6.07, 6.45) is 3.53. The number of nitrogens with zero attached hydrogens (tertiary/aromatic N) is 3. The van der Waals surface area contributed by atoms with E-state index in [9.17, 15) is 0 Å². The Labute approximate surface area is 175 Å². The zero-order chi connectivity index (χ0) is 19.8. The van der Waals surface area contributed by atoms with Gasteiger partial charge in [-0.1, -0.05) is 29.8 Å². The van der Waals surface area contributed by atoms with Crippen LogP contribution in [0, 0.1) is 0 Å². The van der Waals surface area contributed by atoms with Crippen molar-refractivity contribution in [3.8, 4) is 17.2 Å². The van der Waals surface area contributed by atoms with Crippen LogP contribution in [0.4, 0.5) is 5.69 Å². The molecule has 0 spiro atoms. The number of benzene rings is 2. The van der Waals surface area contributed by atoms with Crippen LogP contribution < -0.4 is 14.9 Å². The predicted molar refractivity (Wildman–Crippen MR) is 117 cm³/mol. The van der Waals surface area contributed by atoms with Gasteiger partial charge in [0.15, 0.2) is 11.5 Å². The zero-order valence-electron chi connectivity index (χ0n) is 15.5. The molecule has 1 atom stereocenters. The summed E-state index contributed by atoms with van der Waals surface area (Å²) in [7, 11) is -0.441. The average molecular weight is 425 g/mol. The molecule has 146 valence electrons. The molecular weight excluding hydrogens is 408 g/mol. The van der Waals surface area contributed by atoms with Gasteiger partial charge in [0.1, 0.15) is 5.75 Å². The Morgan fingerprint density at radius 3 is 2.86 bits per heavy atom. The van der Waals surface area contributed by atoms with Crippen LogP contribution in [0.1, 0.15) is 12.5 Å². The summed E-state index contributed by atoms with van der Waals surface area (Å²) in [6, 6.07) is 15.2. The smallest absolute Gasteiger partial charge is 0.244 e. The van der Waals surface area contributed by atoms with E-state index in [4.69, 9.17) is 25.6 Å². The molecule has 6 nitrogen and oxygen atoms in total. The lowest BCUT2D eigenvalue weighted by Gasteiger charge is -2.27. The number of hydrogen-bond acceptors (Lipinski definition) is 6. The first-order valence-electron chi connectivity index (χ1n) is 9.05. The van der Waals surface area contributed by atoms with Crippen molar-refractivity contribution in [1.29, 1.82) is 0 Å². The van der Waals surface area contributed by atoms with Gasteiger partial charge in [-0.15, -0.1) is 0 Å². The normalized spacial score (nSPS) is 17.1. The van der Waals surface area contributed by atoms with Crippen molar-refractivity contribution < 1.29 is 9.57 Å². The number of fused-ring (bicyclic) bond motifs is 2. The molecule has 0 saturated heterocycles. The zero-order valence-corrected chi connectivity index (χ0v) is 17.1. The number of pyridine rings is 1. The largest absolute Gasteiger partial charge is 0.454 e. The number of hydrogen-bond donors (Lipinski definition) is 1. The van der Waals surface area contributed by atoms with Gasteiger partial charge in [0.05, 0.1) is 22.2 Å². The van der Waals surface area contributed by atoms with Crippen molar-refractivity contribution >= 4 is 39.3 Å². The third-order valence-corrected chi connectivity index (χ3v) is 6.45. The van der Waals surface area contributed by atoms with Gasteiger partial charge in [-0.25, -0.2) is 0 Å². The second-order valence-electron chi connectivity index (χ2n) is 6.36. The number of nitrogens with one attached hydrogen (secondary N) is 1. The SMILES string of the molecule is C/C=S1\N=C(N2Cc3cnccc3O2)Nc2c(Oc3ccccc3Cl)cccc21. The summed E-state index contributed by atoms with van der Waals surface area (Å²) in [5.74, 6) is 2.70. The molecule has 0 radical (unpaired) electrons. The number of guanidine groups is 1. The van der Waals surface area contributed by atoms with Crippen LogP contribution in [0.15, 0.2) is 70.2 Å². The van der Waals surface area contributed by atoms with Crippen molar-refractivity contribution in [2.45, 2.75) is 18.4 Å². The van der Waals surface area contributed by atoms with Gasteiger partial charge in [0.25, 0.3) is 0 Å². The summed E-state index contributed by atoms with van der Waals surface area (Å²) < 4.78 is 11.0. The highest BCUT2D eigenvalue weighted by atomic mass is 35.5. The first kappa shape index (κ1) is 18.0. The molecule has 8 heteroatoms. The molecule has 0 fully saturated rings. The van der Waals surface area contributed by atoms with Crippen LogP contribution in [0.5, 0.6) is 17.2 Å². The Morgan fingerprint density at radius 1 is 1.17 bits per heavy atom. The van der Waals surface area contributed by atoms with E-state index in [1.54, 1.807) is 17.3 Å². The van der Waals surface area contributed by atoms with E-state index >= 15 is 0 Å². The van der Waals surface area contributed by atoms with Gasteiger partial charge in [0.2, 0.25) is 5.96 Å². The van der Waals surface area contributed by atoms with E-state index in [2.05, 4.69) is 21.7 Å². The van der Waals surface area contributed by atoms with Crippen LogP contribution in [-0.4, -0.2) is 21.4 Å². The highest BCUT2D eigenvalue weighted by Gasteiger charge is 2.29. The monoisotopic (exact) mass is 424 g/mol. The van der Waals surface area contributed by atoms with Crippen LogP contribution in [0.2, 0.25) is 5.02 Å². The maximum atomic E-state index is 6.29. The average Bonchev–Trinajstić information content (AvgIpc) is 3.19. The van der Waals surface area contributed by atoms with Crippen LogP contribution >= 0.6 is 22.3 Å². The molecule has 1 N–H and O–H groups in total. The number of rotatable bonds is 2. The molecule has 0 aliphatic carbocycles. The summed E-state index contributed by atoms with van der Waals surface area (Å²) in [4.78, 5) is 11.2. The highest BCUT2D eigenvalue weighted by Crippen LogP contribution is 2.45. The van der Waals surface area contributed by atoms with Gasteiger partial charge >= 0.3 is 0 Å². The lowest BCUT2D eigenvalue weighted by molar-refractivity contribution is 0.0392. The van der Waals surface area contributed by atoms with Crippen molar-refractivity contribution in [1.82, 2.24) is 10.0 Å². The quantitative estimate of drug-likeness (QED) is 0.552. The fraction of sp³-hybridized carbons (Fsp3) is 0.0952. The third kappa shape index (κ3) is 3.32. The van der Waals surface area contributed by atoms with Gasteiger partial charge < -0.3 is 14.9 Å². The maximum Gasteiger partial charge on any atom is 0.244 e. The first-order valence-corrected chi connectivity index (χ1v) is 10.7. The van der Waals surface area contributed by atoms with Crippen LogP contribution in [0.3, 0.4) is 0 Å². The Kier molecular flexibility index (Phi) is 4.61. The fourth-order valence-electron chi connectivity index (χ4n) is 3.15. The highest BCUT2D eigenvalue weighted by molar-refractivity contribution is 8.14. The Morgan fingerprint density at radius 2 is 2.03 bits per heavy atom. The fourth-order valence-corrected chi connectivity index (χ4v) is 4.68. The van der Waals surface area contributed by atoms with Crippen molar-refractivity contribution in [2.75, 3.05) is 5.32 Å². The maximum absolute atomic E-state index is 6.29. The number of hydroxylamine groups is 2. The Bertz CT molecular complexity index is 1140. The topological polar surface area (TPSA) is 59.0 Å². The Hall–Kier alpha value is -3.03. The van der Waals surface area contributed by atoms with Gasteiger partial charge in [-0.05, 0) is 47.2 Å². The van der Waals surface area contributed by atoms with Gasteiger partial charge in [0, 0.05) is 24.0 Å². The molecule has 0 saturated carbocycles. The minimum atomic E-state index is -0.441. The molecule has 3 heterocycles. The third-order valence-electron chi connectivity index (χ3n) is 4.53. The van der Waals surface area contributed by atoms with Crippen molar-refractivity contribution in [2.24, 2.45) is 4.40 Å². The van der Waals surface area contributed by atoms with E-state index in [0.29, 0.717) is 29.0 Å². The lowest BCUT2D eigenvalue weighted by atomic mass is 10.2. The summed E-state index contributed by atoms with van der Waals surface area (Å²) in [5, 5.41) is 7.77. The van der Waals surface area contributed by atoms with Crippen molar-refractivity contribution in [3.05, 3.63) is 71.5 Å². The van der Waals surface area contributed by atoms with Crippen molar-refractivity contribution in [3.63, 3.8) is 0 Å². The molecule has 29 heavy (non-hydrogen) atoms. The molecule has 2 aliphatic heterocycles. The molecule has 2 aromatic carbocycles. The summed E-state index contributed by atoms with van der Waals surface area (Å²) >= 11 is 6.29. The molecule has 1 unspecified atom stereocenters. The number of para-hydroxylation sites is 2. The van der Waals surface area contributed by atoms with Gasteiger partial charge in [-0.3, -0.25) is 4.98 Å². The summed E-state index contributed by atoms with van der Waals surface area (Å²) in [6.45, 7) is 2.57. The molecule has 0 amide bonds. The molecule has 2 aliphatic rings. The second-order valence-corrected chi connectivity index (χ2v) is 8.49. The minimum absolute atomic E-state index is 0.441. The molecule has 3 aromatic rings. The van der Waals surface area contributed by atoms with E-state index in [1.807, 2.05) is 49.5 Å².